The van der Waals surface area contributed by atoms with Crippen LogP contribution < -0.4 is 0 Å². The lowest BCUT2D eigenvalue weighted by Crippen LogP contribution is -2.43. The fraction of sp³-hybridized carbons (Fsp3) is 0.318. The number of carboxylic acid groups (broad SMARTS) is 1. The van der Waals surface area contributed by atoms with E-state index in [0.717, 1.165) is 33.2 Å². The number of piperidine rings is 1. The zero-order valence-corrected chi connectivity index (χ0v) is 17.9. The molecule has 0 saturated carbocycles. The molecule has 3 heterocycles. The highest BCUT2D eigenvalue weighted by Crippen LogP contribution is 2.35. The van der Waals surface area contributed by atoms with Crippen molar-refractivity contribution in [3.63, 3.8) is 0 Å². The number of hydrogen-bond acceptors (Lipinski definition) is 3. The number of carbonyl (C=O) groups is 2. The molecular formula is C22H22BrN3O3. The lowest BCUT2D eigenvalue weighted by molar-refractivity contribution is -0.139. The largest absolute Gasteiger partial charge is 0.478 e. The van der Waals surface area contributed by atoms with Gasteiger partial charge in [0.25, 0.3) is 0 Å². The van der Waals surface area contributed by atoms with Crippen LogP contribution in [-0.4, -0.2) is 38.0 Å². The Balaban J connectivity index is 1.53. The average Bonchev–Trinajstić information content (AvgIpc) is 3.03. The van der Waals surface area contributed by atoms with Gasteiger partial charge in [0.05, 0.1) is 12.1 Å². The Morgan fingerprint density at radius 3 is 2.66 bits per heavy atom. The highest BCUT2D eigenvalue weighted by molar-refractivity contribution is 9.10. The van der Waals surface area contributed by atoms with Crippen LogP contribution in [0.15, 0.2) is 47.1 Å². The summed E-state index contributed by atoms with van der Waals surface area (Å²) < 4.78 is 3.03. The Kier molecular flexibility index (Phi) is 5.17. The van der Waals surface area contributed by atoms with Gasteiger partial charge in [-0.25, -0.2) is 9.78 Å². The van der Waals surface area contributed by atoms with Gasteiger partial charge in [-0.1, -0.05) is 19.1 Å². The Hall–Kier alpha value is -2.67. The molecule has 1 fully saturated rings. The minimum Gasteiger partial charge on any atom is -0.478 e. The van der Waals surface area contributed by atoms with Crippen molar-refractivity contribution in [2.24, 2.45) is 13.0 Å². The lowest BCUT2D eigenvalue weighted by Gasteiger charge is -2.36. The summed E-state index contributed by atoms with van der Waals surface area (Å²) in [5.41, 5.74) is 3.22. The lowest BCUT2D eigenvalue weighted by atomic mass is 9.80. The molecule has 1 aliphatic heterocycles. The van der Waals surface area contributed by atoms with E-state index in [-0.39, 0.29) is 23.3 Å². The number of amides is 1. The SMILES string of the molecule is C[C@@H]1C(=O)N(Cc2cc3c(Br)ccnc3n2C)CC[C@H]1c1ccc(C(=O)O)cc1. The van der Waals surface area contributed by atoms with Crippen LogP contribution in [0.1, 0.15) is 40.9 Å². The van der Waals surface area contributed by atoms with Gasteiger partial charge in [-0.3, -0.25) is 4.79 Å². The fourth-order valence-electron chi connectivity index (χ4n) is 4.19. The number of pyridine rings is 1. The van der Waals surface area contributed by atoms with E-state index in [0.29, 0.717) is 13.1 Å². The molecule has 3 aromatic rings. The number of nitrogens with zero attached hydrogens (tertiary/aromatic N) is 3. The van der Waals surface area contributed by atoms with Gasteiger partial charge in [0.1, 0.15) is 5.65 Å². The summed E-state index contributed by atoms with van der Waals surface area (Å²) in [7, 11) is 1.97. The molecule has 1 amide bonds. The summed E-state index contributed by atoms with van der Waals surface area (Å²) in [6.07, 6.45) is 2.62. The zero-order valence-electron chi connectivity index (χ0n) is 16.3. The molecule has 7 heteroatoms. The van der Waals surface area contributed by atoms with E-state index in [1.807, 2.05) is 41.6 Å². The third kappa shape index (κ3) is 3.55. The van der Waals surface area contributed by atoms with Crippen molar-refractivity contribution in [1.82, 2.24) is 14.5 Å². The number of benzene rings is 1. The summed E-state index contributed by atoms with van der Waals surface area (Å²) in [6, 6.07) is 10.9. The molecule has 0 radical (unpaired) electrons. The van der Waals surface area contributed by atoms with Gasteiger partial charge in [-0.05, 0) is 58.1 Å². The number of fused-ring (bicyclic) bond motifs is 1. The minimum absolute atomic E-state index is 0.102. The second kappa shape index (κ2) is 7.63. The zero-order chi connectivity index (χ0) is 20.7. The molecule has 0 unspecified atom stereocenters. The van der Waals surface area contributed by atoms with Gasteiger partial charge in [0.2, 0.25) is 5.91 Å². The van der Waals surface area contributed by atoms with Crippen LogP contribution in [-0.2, 0) is 18.4 Å². The normalized spacial score (nSPS) is 19.7. The number of aromatic nitrogens is 2. The second-order valence-corrected chi connectivity index (χ2v) is 8.45. The van der Waals surface area contributed by atoms with Gasteiger partial charge >= 0.3 is 5.97 Å². The van der Waals surface area contributed by atoms with Gasteiger partial charge in [0.15, 0.2) is 0 Å². The minimum atomic E-state index is -0.938. The maximum atomic E-state index is 13.1. The van der Waals surface area contributed by atoms with E-state index in [2.05, 4.69) is 27.0 Å². The Bertz CT molecular complexity index is 1090. The van der Waals surface area contributed by atoms with E-state index in [9.17, 15) is 9.59 Å². The van der Waals surface area contributed by atoms with E-state index >= 15 is 0 Å². The third-order valence-corrected chi connectivity index (χ3v) is 6.62. The number of carboxylic acids is 1. The van der Waals surface area contributed by atoms with Crippen LogP contribution in [0.5, 0.6) is 0 Å². The van der Waals surface area contributed by atoms with E-state index < -0.39 is 5.97 Å². The number of hydrogen-bond donors (Lipinski definition) is 1. The molecule has 4 rings (SSSR count). The van der Waals surface area contributed by atoms with Gasteiger partial charge in [-0.2, -0.15) is 0 Å². The molecule has 29 heavy (non-hydrogen) atoms. The second-order valence-electron chi connectivity index (χ2n) is 7.60. The smallest absolute Gasteiger partial charge is 0.335 e. The number of halogens is 1. The van der Waals surface area contributed by atoms with E-state index in [4.69, 9.17) is 5.11 Å². The first-order valence-electron chi connectivity index (χ1n) is 9.57. The van der Waals surface area contributed by atoms with Crippen LogP contribution in [0.4, 0.5) is 0 Å². The molecule has 1 aromatic carbocycles. The number of rotatable bonds is 4. The van der Waals surface area contributed by atoms with Crippen molar-refractivity contribution in [2.45, 2.75) is 25.8 Å². The van der Waals surface area contributed by atoms with E-state index in [1.54, 1.807) is 18.3 Å². The average molecular weight is 456 g/mol. The van der Waals surface area contributed by atoms with Gasteiger partial charge in [0, 0.05) is 41.3 Å². The topological polar surface area (TPSA) is 75.4 Å². The van der Waals surface area contributed by atoms with Gasteiger partial charge in [-0.15, -0.1) is 0 Å². The highest BCUT2D eigenvalue weighted by atomic mass is 79.9. The molecule has 150 valence electrons. The van der Waals surface area contributed by atoms with Crippen molar-refractivity contribution in [3.05, 3.63) is 63.9 Å². The van der Waals surface area contributed by atoms with Crippen LogP contribution in [0.3, 0.4) is 0 Å². The van der Waals surface area contributed by atoms with Crippen LogP contribution in [0, 0.1) is 5.92 Å². The summed E-state index contributed by atoms with van der Waals surface area (Å²) in [5, 5.41) is 10.1. The van der Waals surface area contributed by atoms with Crippen molar-refractivity contribution < 1.29 is 14.7 Å². The van der Waals surface area contributed by atoms with Crippen molar-refractivity contribution in [1.29, 1.82) is 0 Å². The quantitative estimate of drug-likeness (QED) is 0.639. The standard InChI is InChI=1S/C22H22BrN3O3/c1-13-17(14-3-5-15(6-4-14)22(28)29)8-10-26(21(13)27)12-16-11-18-19(23)7-9-24-20(18)25(16)2/h3-7,9,11,13,17H,8,10,12H2,1-2H3,(H,28,29)/t13-,17+/m0/s1. The maximum Gasteiger partial charge on any atom is 0.335 e. The summed E-state index contributed by atoms with van der Waals surface area (Å²) in [5.74, 6) is -0.865. The number of aryl methyl sites for hydroxylation is 1. The van der Waals surface area contributed by atoms with Crippen molar-refractivity contribution >= 4 is 38.8 Å². The monoisotopic (exact) mass is 455 g/mol. The predicted molar refractivity (Wildman–Crippen MR) is 114 cm³/mol. The Morgan fingerprint density at radius 2 is 2.00 bits per heavy atom. The predicted octanol–water partition coefficient (Wildman–Crippen LogP) is 4.19. The van der Waals surface area contributed by atoms with Crippen LogP contribution >= 0.6 is 15.9 Å². The molecule has 0 spiro atoms. The first-order chi connectivity index (χ1) is 13.9. The highest BCUT2D eigenvalue weighted by Gasteiger charge is 2.34. The fourth-order valence-corrected chi connectivity index (χ4v) is 4.60. The van der Waals surface area contributed by atoms with Crippen LogP contribution in [0.25, 0.3) is 11.0 Å². The summed E-state index contributed by atoms with van der Waals surface area (Å²) in [4.78, 5) is 30.5. The molecule has 2 atom stereocenters. The number of carbonyl (C=O) groups excluding carboxylic acids is 1. The molecule has 6 nitrogen and oxygen atoms in total. The third-order valence-electron chi connectivity index (χ3n) is 5.93. The molecule has 1 aliphatic rings. The number of likely N-dealkylation sites (tertiary alicyclic amines) is 1. The Labute approximate surface area is 177 Å². The summed E-state index contributed by atoms with van der Waals surface area (Å²) >= 11 is 3.57. The van der Waals surface area contributed by atoms with Crippen molar-refractivity contribution in [2.75, 3.05) is 6.54 Å². The maximum absolute atomic E-state index is 13.1. The van der Waals surface area contributed by atoms with Gasteiger partial charge < -0.3 is 14.6 Å². The van der Waals surface area contributed by atoms with Crippen LogP contribution in [0.2, 0.25) is 0 Å². The molecule has 0 bridgehead atoms. The first kappa shape index (κ1) is 19.6. The molecule has 1 saturated heterocycles. The first-order valence-corrected chi connectivity index (χ1v) is 10.4. The summed E-state index contributed by atoms with van der Waals surface area (Å²) in [6.45, 7) is 3.18. The van der Waals surface area contributed by atoms with E-state index in [1.165, 1.54) is 0 Å². The number of aromatic carboxylic acids is 1. The molecule has 0 aliphatic carbocycles. The Morgan fingerprint density at radius 1 is 1.28 bits per heavy atom. The molecule has 1 N–H and O–H groups in total. The van der Waals surface area contributed by atoms with Crippen molar-refractivity contribution in [3.8, 4) is 0 Å². The molecular weight excluding hydrogens is 434 g/mol. The molecule has 2 aromatic heterocycles.